The minimum Gasteiger partial charge on any atom is -0.477 e. The fourth-order valence-electron chi connectivity index (χ4n) is 11.9. The molecule has 0 fully saturated rings. The van der Waals surface area contributed by atoms with Gasteiger partial charge in [0.2, 0.25) is 88.7 Å². The van der Waals surface area contributed by atoms with Gasteiger partial charge >= 0.3 is 5.97 Å². The van der Waals surface area contributed by atoms with Crippen molar-refractivity contribution in [3.05, 3.63) is 0 Å². The first-order valence-electron chi connectivity index (χ1n) is 43.4. The topological polar surface area (TPSA) is 828 Å². The molecular weight excluding hydrogens is 1670 g/mol. The smallest absolute Gasteiger partial charge is 0.364 e. The zero-order valence-corrected chi connectivity index (χ0v) is 77.0. The average Bonchev–Trinajstić information content (AvgIpc) is 0.850. The molecule has 0 saturated heterocycles. The Kier molecular flexibility index (Phi) is 62.7. The number of hydrogen-bond acceptors (Lipinski definition) is 28. The minimum atomic E-state index is -1.73. The standard InChI is InChI=1S/C75H147N27O16S.C3H7NO3/c1-14-41(8)57(70(116)89-37-55(105)92-46(24-17-19-30-76)64(110)95-51(29-35-119-13)63(109)90-44(11)60(106)93-49(27-22-33-87-74(82)83)66(112)99-53(38-103)39(4)5)100-61(107)45(12)91-62(108)48(26-21-32-86-73(80)81)96-71(117)58(42(9)15-2)101-67(113)47(25-18-20-31-77)94-68(114)52(36-54(78)104)98-65(111)50(28-23-34-88-75(84)85)97-72(118)59(43(10)16-3)102-69(115)56(79)40(6)7;4-2(1-5)3(6)7/h38-53,56-59,73-75,86-88H,14-37,76-77,79-85H2,1-13H3,(H2,78,104)(H,89,116)(H,90,109)(H,91,108)(H,92,105)(H,93,106)(H,94,114)(H,95,110)(H,96,117)(H,97,118)(H,98,111)(H,99,112)(H,100,107)(H,101,113)(H,102,115);2,5H,1,4H2,(H,6,7)/p+4/t41-,42-,43-,44-,45-,46-,47-,48-,49-,50-,51-,52-,53+,56-,57-,58-,59-;2-/m00/s1. The quantitative estimate of drug-likeness (QED) is 0.0153. The van der Waals surface area contributed by atoms with Crippen molar-refractivity contribution in [2.45, 2.75) is 302 Å². The van der Waals surface area contributed by atoms with E-state index in [2.05, 4.69) is 113 Å². The van der Waals surface area contributed by atoms with Gasteiger partial charge in [0.1, 0.15) is 104 Å². The molecule has 0 saturated carbocycles. The molecule has 0 bridgehead atoms. The van der Waals surface area contributed by atoms with Crippen LogP contribution >= 0.6 is 11.8 Å². The number of carbonyl (C=O) groups excluding carboxylic acids is 16. The lowest BCUT2D eigenvalue weighted by Crippen LogP contribution is -2.71. The normalized spacial score (nSPS) is 15.7. The largest absolute Gasteiger partial charge is 0.477 e. The molecule has 0 aliphatic carbocycles. The number of nitrogens with one attached hydrogen (secondary N) is 17. The van der Waals surface area contributed by atoms with E-state index in [1.807, 2.05) is 6.92 Å². The number of rotatable bonds is 67. The first-order chi connectivity index (χ1) is 59.2. The van der Waals surface area contributed by atoms with Crippen molar-refractivity contribution in [1.82, 2.24) is 90.4 Å². The number of nitrogens with two attached hydrogens (primary N) is 7. The third-order valence-corrected chi connectivity index (χ3v) is 21.4. The van der Waals surface area contributed by atoms with Gasteiger partial charge in [0, 0.05) is 5.92 Å². The molecule has 45 N–H and O–H groups in total. The summed E-state index contributed by atoms with van der Waals surface area (Å²) in [6.07, 6.45) is 2.44. The van der Waals surface area contributed by atoms with Gasteiger partial charge in [-0.05, 0) is 153 Å². The summed E-state index contributed by atoms with van der Waals surface area (Å²) in [5.74, 6) is -15.0. The summed E-state index contributed by atoms with van der Waals surface area (Å²) in [4.78, 5) is 231. The van der Waals surface area contributed by atoms with Crippen LogP contribution in [0.1, 0.15) is 192 Å². The number of aliphatic carboxylic acids is 1. The van der Waals surface area contributed by atoms with Crippen LogP contribution in [0.2, 0.25) is 0 Å². The second kappa shape index (κ2) is 66.4. The van der Waals surface area contributed by atoms with E-state index < -0.39 is 241 Å². The van der Waals surface area contributed by atoms with Crippen LogP contribution in [0.3, 0.4) is 0 Å². The van der Waals surface area contributed by atoms with Crippen LogP contribution in [0.15, 0.2) is 0 Å². The van der Waals surface area contributed by atoms with E-state index in [0.29, 0.717) is 70.1 Å². The lowest BCUT2D eigenvalue weighted by Gasteiger charge is -2.30. The second-order valence-corrected chi connectivity index (χ2v) is 33.3. The minimum absolute atomic E-state index is 0.0418. The Bertz CT molecular complexity index is 3360. The Hall–Kier alpha value is -9.02. The SMILES string of the molecule is CC[C@H](C)[C@H](NC(=O)[C@H](C)NC(=O)[C@H](CCCNC(N)N)NC(=O)[C@@H](NC(=O)[C@H](CCCC[NH3+])NC(=O)[C@H](CC(N)=O)NC(=O)[C@H](CCCNC(N)N)NC(=O)[C@@H](NC(=O)[C@@H]([NH3+])C(C)C)[C@@H](C)CC)[C@@H](C)CC)C(=O)NCC(=O)N[C@@H](CCCC[NH3+])C(=O)N[C@@H](CCSC)C(=O)N[C@@H](C)C(=O)N[C@@H](CCCNC(N)N)C(=O)N[C@H](C=O)C(C)C.[NH3+][C@@H](CO)C(=O)O. The summed E-state index contributed by atoms with van der Waals surface area (Å²) in [6.45, 7) is 20.6. The van der Waals surface area contributed by atoms with Crippen LogP contribution < -0.4 is 153 Å². The predicted molar refractivity (Wildman–Crippen MR) is 470 cm³/mol. The van der Waals surface area contributed by atoms with E-state index in [-0.39, 0.29) is 89.3 Å². The molecule has 0 aromatic rings. The summed E-state index contributed by atoms with van der Waals surface area (Å²) in [5, 5.41) is 61.5. The zero-order valence-electron chi connectivity index (χ0n) is 76.1. The van der Waals surface area contributed by atoms with Crippen molar-refractivity contribution >= 4 is 113 Å². The van der Waals surface area contributed by atoms with Crippen LogP contribution in [0.5, 0.6) is 0 Å². The van der Waals surface area contributed by atoms with E-state index in [1.54, 1.807) is 68.6 Å². The van der Waals surface area contributed by atoms with E-state index in [0.717, 1.165) is 0 Å². The van der Waals surface area contributed by atoms with Crippen LogP contribution in [0.4, 0.5) is 0 Å². The van der Waals surface area contributed by atoms with Crippen molar-refractivity contribution < 1.29 is 115 Å². The number of carboxylic acids is 1. The summed E-state index contributed by atoms with van der Waals surface area (Å²) < 4.78 is 0. The van der Waals surface area contributed by atoms with Gasteiger partial charge in [0.15, 0.2) is 6.04 Å². The fraction of sp³-hybridized carbons (Fsp3) is 0.782. The molecule has 726 valence electrons. The van der Waals surface area contributed by atoms with Gasteiger partial charge < -0.3 is 153 Å². The number of thioether (sulfide) groups is 1. The predicted octanol–water partition coefficient (Wildman–Crippen LogP) is -12.5. The Morgan fingerprint density at radius 1 is 0.389 bits per heavy atom. The van der Waals surface area contributed by atoms with E-state index >= 15 is 0 Å². The molecule has 0 spiro atoms. The molecule has 48 heteroatoms. The van der Waals surface area contributed by atoms with E-state index in [4.69, 9.17) is 50.3 Å². The third-order valence-electron chi connectivity index (χ3n) is 20.8. The molecule has 0 aliphatic rings. The molecule has 0 heterocycles. The van der Waals surface area contributed by atoms with E-state index in [1.165, 1.54) is 25.6 Å². The van der Waals surface area contributed by atoms with Gasteiger partial charge in [-0.1, -0.05) is 88.5 Å². The molecule has 0 radical (unpaired) electrons. The number of aliphatic hydroxyl groups excluding tert-OH is 1. The number of quaternary nitrogens is 4. The van der Waals surface area contributed by atoms with Gasteiger partial charge in [-0.15, -0.1) is 0 Å². The van der Waals surface area contributed by atoms with Gasteiger partial charge in [-0.25, -0.2) is 4.79 Å². The van der Waals surface area contributed by atoms with Crippen molar-refractivity contribution in [3.63, 3.8) is 0 Å². The fourth-order valence-corrected chi connectivity index (χ4v) is 12.3. The van der Waals surface area contributed by atoms with Crippen molar-refractivity contribution in [2.75, 3.05) is 57.9 Å². The van der Waals surface area contributed by atoms with Crippen LogP contribution in [0.25, 0.3) is 0 Å². The van der Waals surface area contributed by atoms with E-state index in [9.17, 15) is 81.5 Å². The molecule has 0 aromatic carbocycles. The monoisotopic (exact) mass is 1820 g/mol. The molecular formula is C78H158N28O19S+4. The first kappa shape index (κ1) is 119. The summed E-state index contributed by atoms with van der Waals surface area (Å²) in [6, 6.07) is -18.5. The highest BCUT2D eigenvalue weighted by Crippen LogP contribution is 2.16. The number of primary amides is 1. The third kappa shape index (κ3) is 49.9. The summed E-state index contributed by atoms with van der Waals surface area (Å²) in [5.41, 5.74) is 54.4. The number of unbranched alkanes of at least 4 members (excludes halogenated alkanes) is 2. The molecule has 0 aliphatic heterocycles. The van der Waals surface area contributed by atoms with Crippen molar-refractivity contribution in [1.29, 1.82) is 0 Å². The summed E-state index contributed by atoms with van der Waals surface area (Å²) in [7, 11) is 0. The maximum absolute atomic E-state index is 14.7. The van der Waals surface area contributed by atoms with Crippen molar-refractivity contribution in [2.24, 2.45) is 69.7 Å². The van der Waals surface area contributed by atoms with Crippen molar-refractivity contribution in [3.8, 4) is 0 Å². The molecule has 18 atom stereocenters. The number of carboxylic acid groups (broad SMARTS) is 1. The Morgan fingerprint density at radius 2 is 0.706 bits per heavy atom. The first-order valence-corrected chi connectivity index (χ1v) is 44.8. The Labute approximate surface area is 743 Å². The van der Waals surface area contributed by atoms with Gasteiger partial charge in [-0.2, -0.15) is 11.8 Å². The molecule has 126 heavy (non-hydrogen) atoms. The van der Waals surface area contributed by atoms with Crippen LogP contribution in [-0.2, 0) is 81.5 Å². The molecule has 47 nitrogen and oxygen atoms in total. The summed E-state index contributed by atoms with van der Waals surface area (Å²) >= 11 is 1.38. The molecule has 0 unspecified atom stereocenters. The highest BCUT2D eigenvalue weighted by atomic mass is 32.2. The number of aldehydes is 1. The Balaban J connectivity index is 0. The number of carbonyl (C=O) groups is 17. The highest BCUT2D eigenvalue weighted by molar-refractivity contribution is 7.98. The molecule has 0 rings (SSSR count). The number of aliphatic hydroxyl groups is 1. The van der Waals surface area contributed by atoms with Crippen LogP contribution in [-0.4, -0.2) is 278 Å². The number of amides is 15. The maximum Gasteiger partial charge on any atom is 0.364 e. The van der Waals surface area contributed by atoms with Crippen LogP contribution in [0, 0.1) is 29.6 Å². The average molecular weight is 1820 g/mol. The molecule has 15 amide bonds. The number of hydrogen-bond donors (Lipinski definition) is 30. The Morgan fingerprint density at radius 3 is 1.05 bits per heavy atom. The highest BCUT2D eigenvalue weighted by Gasteiger charge is 2.39. The second-order valence-electron chi connectivity index (χ2n) is 32.3. The zero-order chi connectivity index (χ0) is 96.6. The maximum atomic E-state index is 14.7. The van der Waals surface area contributed by atoms with Gasteiger partial charge in [0.05, 0.1) is 32.1 Å². The molecule has 0 aromatic heterocycles. The lowest BCUT2D eigenvalue weighted by molar-refractivity contribution is -0.414. The van der Waals surface area contributed by atoms with Gasteiger partial charge in [0.25, 0.3) is 5.91 Å². The van der Waals surface area contributed by atoms with Gasteiger partial charge in [-0.3, -0.25) is 87.9 Å². The lowest BCUT2D eigenvalue weighted by atomic mass is 9.96.